The number of thioether (sulfide) groups is 1. The fraction of sp³-hybridized carbons (Fsp3) is 0.278. The lowest BCUT2D eigenvalue weighted by Crippen LogP contribution is -2.29. The van der Waals surface area contributed by atoms with E-state index in [4.69, 9.17) is 10.7 Å². The number of ketones is 1. The first-order valence-corrected chi connectivity index (χ1v) is 9.26. The van der Waals surface area contributed by atoms with E-state index >= 15 is 0 Å². The molecular formula is C18H19N5OS. The monoisotopic (exact) mass is 353 g/mol. The summed E-state index contributed by atoms with van der Waals surface area (Å²) < 4.78 is 2.04. The van der Waals surface area contributed by atoms with E-state index in [-0.39, 0.29) is 11.0 Å². The molecule has 0 bridgehead atoms. The summed E-state index contributed by atoms with van der Waals surface area (Å²) in [5.74, 6) is 2.54. The van der Waals surface area contributed by atoms with E-state index in [1.54, 1.807) is 13.1 Å². The quantitative estimate of drug-likeness (QED) is 0.704. The number of nitrogens with two attached hydrogens (primary N) is 1. The Labute approximate surface area is 149 Å². The molecule has 1 fully saturated rings. The molecule has 0 amide bonds. The minimum atomic E-state index is 0.0489. The molecule has 1 aromatic carbocycles. The molecular weight excluding hydrogens is 334 g/mol. The molecule has 1 atom stereocenters. The summed E-state index contributed by atoms with van der Waals surface area (Å²) in [5, 5.41) is 3.69. The first-order valence-electron chi connectivity index (χ1n) is 8.21. The average Bonchev–Trinajstić information content (AvgIpc) is 3.03. The summed E-state index contributed by atoms with van der Waals surface area (Å²) in [7, 11) is 0. The van der Waals surface area contributed by atoms with Crippen LogP contribution in [0.5, 0.6) is 0 Å². The number of carbonyl (C=O) groups is 1. The lowest BCUT2D eigenvalue weighted by molar-refractivity contribution is 0.101. The van der Waals surface area contributed by atoms with Gasteiger partial charge in [0.2, 0.25) is 0 Å². The van der Waals surface area contributed by atoms with Crippen molar-refractivity contribution in [1.29, 1.82) is 0 Å². The van der Waals surface area contributed by atoms with Gasteiger partial charge in [0.05, 0.1) is 5.25 Å². The van der Waals surface area contributed by atoms with Crippen LogP contribution >= 0.6 is 11.8 Å². The number of anilines is 1. The van der Waals surface area contributed by atoms with Crippen LogP contribution in [0.25, 0.3) is 16.8 Å². The highest BCUT2D eigenvalue weighted by Gasteiger charge is 2.24. The molecule has 7 heteroatoms. The Morgan fingerprint density at radius 3 is 2.84 bits per heavy atom. The molecule has 1 aliphatic heterocycles. The van der Waals surface area contributed by atoms with E-state index in [1.165, 1.54) is 0 Å². The third-order valence-corrected chi connectivity index (χ3v) is 5.61. The highest BCUT2D eigenvalue weighted by atomic mass is 32.2. The van der Waals surface area contributed by atoms with Gasteiger partial charge in [0.1, 0.15) is 22.9 Å². The van der Waals surface area contributed by atoms with Crippen molar-refractivity contribution in [3.63, 3.8) is 0 Å². The number of hydrogen-bond acceptors (Lipinski definition) is 6. The molecule has 4 rings (SSSR count). The number of nitrogen functional groups attached to an aromatic ring is 1. The summed E-state index contributed by atoms with van der Waals surface area (Å²) >= 11 is 1.90. The molecule has 25 heavy (non-hydrogen) atoms. The second kappa shape index (κ2) is 6.50. The molecule has 1 unspecified atom stereocenters. The Kier molecular flexibility index (Phi) is 4.19. The SMILES string of the molecule is CC(=O)c1ccc(-c2nc(C3CNCCS3)n3ccnc(N)c23)cc1. The van der Waals surface area contributed by atoms with Gasteiger partial charge < -0.3 is 11.1 Å². The molecule has 0 aliphatic carbocycles. The Balaban J connectivity index is 1.87. The second-order valence-electron chi connectivity index (χ2n) is 6.05. The van der Waals surface area contributed by atoms with Gasteiger partial charge in [0, 0.05) is 42.4 Å². The zero-order valence-electron chi connectivity index (χ0n) is 13.9. The second-order valence-corrected chi connectivity index (χ2v) is 7.36. The Morgan fingerprint density at radius 2 is 2.16 bits per heavy atom. The molecule has 2 aromatic heterocycles. The number of aromatic nitrogens is 3. The van der Waals surface area contributed by atoms with Crippen LogP contribution < -0.4 is 11.1 Å². The van der Waals surface area contributed by atoms with Crippen LogP contribution in [0.1, 0.15) is 28.4 Å². The van der Waals surface area contributed by atoms with Crippen molar-refractivity contribution in [1.82, 2.24) is 19.7 Å². The fourth-order valence-electron chi connectivity index (χ4n) is 3.11. The number of fused-ring (bicyclic) bond motifs is 1. The van der Waals surface area contributed by atoms with Crippen molar-refractivity contribution in [3.05, 3.63) is 48.0 Å². The van der Waals surface area contributed by atoms with E-state index in [1.807, 2.05) is 46.6 Å². The first kappa shape index (κ1) is 16.1. The number of imidazole rings is 1. The topological polar surface area (TPSA) is 85.3 Å². The molecule has 1 saturated heterocycles. The highest BCUT2D eigenvalue weighted by molar-refractivity contribution is 7.99. The summed E-state index contributed by atoms with van der Waals surface area (Å²) in [6.45, 7) is 3.47. The average molecular weight is 353 g/mol. The van der Waals surface area contributed by atoms with Crippen molar-refractivity contribution < 1.29 is 4.79 Å². The minimum absolute atomic E-state index is 0.0489. The first-order chi connectivity index (χ1) is 12.1. The molecule has 1 aliphatic rings. The predicted octanol–water partition coefficient (Wildman–Crippen LogP) is 2.56. The number of hydrogen-bond donors (Lipinski definition) is 2. The van der Waals surface area contributed by atoms with Crippen molar-refractivity contribution in [2.45, 2.75) is 12.2 Å². The van der Waals surface area contributed by atoms with E-state index in [9.17, 15) is 4.79 Å². The molecule has 128 valence electrons. The van der Waals surface area contributed by atoms with Gasteiger partial charge in [-0.15, -0.1) is 11.8 Å². The standard InChI is InChI=1S/C18H19N5OS/c1-11(24)12-2-4-13(5-3-12)15-16-17(19)21-6-8-23(16)18(22-15)14-10-20-7-9-25-14/h2-6,8,14,20H,7,9-10H2,1H3,(H2,19,21). The fourth-order valence-corrected chi connectivity index (χ4v) is 4.21. The lowest BCUT2D eigenvalue weighted by atomic mass is 10.1. The van der Waals surface area contributed by atoms with Crippen LogP contribution in [0.4, 0.5) is 5.82 Å². The largest absolute Gasteiger partial charge is 0.382 e. The van der Waals surface area contributed by atoms with Crippen LogP contribution in [0.3, 0.4) is 0 Å². The van der Waals surface area contributed by atoms with Crippen LogP contribution in [0, 0.1) is 0 Å². The summed E-state index contributed by atoms with van der Waals surface area (Å²) in [6, 6.07) is 7.49. The Hall–Kier alpha value is -2.38. The molecule has 0 saturated carbocycles. The van der Waals surface area contributed by atoms with E-state index in [0.717, 1.165) is 41.4 Å². The van der Waals surface area contributed by atoms with Crippen molar-refractivity contribution in [3.8, 4) is 11.3 Å². The Morgan fingerprint density at radius 1 is 1.36 bits per heavy atom. The third-order valence-electron chi connectivity index (χ3n) is 4.39. The highest BCUT2D eigenvalue weighted by Crippen LogP contribution is 2.35. The van der Waals surface area contributed by atoms with Crippen LogP contribution in [-0.4, -0.2) is 39.0 Å². The van der Waals surface area contributed by atoms with E-state index in [2.05, 4.69) is 10.3 Å². The van der Waals surface area contributed by atoms with Gasteiger partial charge >= 0.3 is 0 Å². The van der Waals surface area contributed by atoms with Gasteiger partial charge in [-0.1, -0.05) is 24.3 Å². The van der Waals surface area contributed by atoms with Crippen LogP contribution in [0.15, 0.2) is 36.7 Å². The summed E-state index contributed by atoms with van der Waals surface area (Å²) in [6.07, 6.45) is 3.62. The Bertz CT molecular complexity index is 929. The summed E-state index contributed by atoms with van der Waals surface area (Å²) in [5.41, 5.74) is 9.41. The molecule has 0 spiro atoms. The zero-order chi connectivity index (χ0) is 17.4. The third kappa shape index (κ3) is 2.89. The maximum atomic E-state index is 11.5. The smallest absolute Gasteiger partial charge is 0.159 e. The van der Waals surface area contributed by atoms with Gasteiger partial charge in [-0.3, -0.25) is 9.20 Å². The maximum absolute atomic E-state index is 11.5. The van der Waals surface area contributed by atoms with Crippen LogP contribution in [-0.2, 0) is 0 Å². The normalized spacial score (nSPS) is 17.7. The summed E-state index contributed by atoms with van der Waals surface area (Å²) in [4.78, 5) is 20.7. The number of nitrogens with one attached hydrogen (secondary N) is 1. The zero-order valence-corrected chi connectivity index (χ0v) is 14.7. The molecule has 3 aromatic rings. The van der Waals surface area contributed by atoms with Crippen molar-refractivity contribution >= 4 is 28.9 Å². The van der Waals surface area contributed by atoms with Gasteiger partial charge in [0.15, 0.2) is 5.78 Å². The number of carbonyl (C=O) groups excluding carboxylic acids is 1. The van der Waals surface area contributed by atoms with Gasteiger partial charge in [-0.2, -0.15) is 0 Å². The molecule has 6 nitrogen and oxygen atoms in total. The van der Waals surface area contributed by atoms with Gasteiger partial charge in [-0.05, 0) is 6.92 Å². The van der Waals surface area contributed by atoms with Gasteiger partial charge in [0.25, 0.3) is 0 Å². The maximum Gasteiger partial charge on any atom is 0.159 e. The number of nitrogens with zero attached hydrogens (tertiary/aromatic N) is 3. The number of Topliss-reactive ketones (excluding diaryl/α,β-unsaturated/α-hetero) is 1. The predicted molar refractivity (Wildman–Crippen MR) is 101 cm³/mol. The van der Waals surface area contributed by atoms with Crippen molar-refractivity contribution in [2.24, 2.45) is 0 Å². The minimum Gasteiger partial charge on any atom is -0.382 e. The van der Waals surface area contributed by atoms with E-state index in [0.29, 0.717) is 11.4 Å². The van der Waals surface area contributed by atoms with Gasteiger partial charge in [-0.25, -0.2) is 9.97 Å². The molecule has 0 radical (unpaired) electrons. The van der Waals surface area contributed by atoms with Crippen molar-refractivity contribution in [2.75, 3.05) is 24.6 Å². The number of rotatable bonds is 3. The molecule has 3 N–H and O–H groups in total. The van der Waals surface area contributed by atoms with Crippen LogP contribution in [0.2, 0.25) is 0 Å². The number of benzene rings is 1. The lowest BCUT2D eigenvalue weighted by Gasteiger charge is -2.21. The molecule has 3 heterocycles. The van der Waals surface area contributed by atoms with E-state index < -0.39 is 0 Å².